The molecule has 3 heteroatoms. The first-order valence-electron chi connectivity index (χ1n) is 7.41. The van der Waals surface area contributed by atoms with Gasteiger partial charge in [0.15, 0.2) is 0 Å². The molecule has 0 aromatic heterocycles. The lowest BCUT2D eigenvalue weighted by Crippen LogP contribution is -2.26. The maximum atomic E-state index is 13.5. The van der Waals surface area contributed by atoms with E-state index in [4.69, 9.17) is 0 Å². The topological polar surface area (TPSA) is 12.0 Å². The molecular weight excluding hydrogens is 317 g/mol. The highest BCUT2D eigenvalue weighted by atomic mass is 79.9. The van der Waals surface area contributed by atoms with Gasteiger partial charge < -0.3 is 5.32 Å². The van der Waals surface area contributed by atoms with E-state index in [9.17, 15) is 4.39 Å². The first-order valence-corrected chi connectivity index (χ1v) is 8.21. The van der Waals surface area contributed by atoms with Gasteiger partial charge in [-0.05, 0) is 63.3 Å². The van der Waals surface area contributed by atoms with Crippen molar-refractivity contribution in [1.82, 2.24) is 5.32 Å². The zero-order chi connectivity index (χ0) is 15.1. The van der Waals surface area contributed by atoms with Crippen molar-refractivity contribution in [2.24, 2.45) is 16.7 Å². The Bertz CT molecular complexity index is 482. The van der Waals surface area contributed by atoms with Crippen molar-refractivity contribution in [3.8, 4) is 0 Å². The molecule has 0 bridgehead atoms. The Labute approximate surface area is 130 Å². The van der Waals surface area contributed by atoms with E-state index in [1.54, 1.807) is 6.07 Å². The standard InChI is InChI=1S/C17H25BrFN/c1-6-9-20-14(15-16(2,3)17(15,4)5)11-7-8-13(19)12(18)10-11/h7-8,10,14-15,20H,6,9H2,1-5H3. The second kappa shape index (κ2) is 5.42. The summed E-state index contributed by atoms with van der Waals surface area (Å²) in [6.07, 6.45) is 1.10. The van der Waals surface area contributed by atoms with Gasteiger partial charge in [0, 0.05) is 6.04 Å². The highest BCUT2D eigenvalue weighted by molar-refractivity contribution is 9.10. The van der Waals surface area contributed by atoms with Gasteiger partial charge in [-0.2, -0.15) is 0 Å². The van der Waals surface area contributed by atoms with Crippen LogP contribution in [0.5, 0.6) is 0 Å². The minimum Gasteiger partial charge on any atom is -0.310 e. The first kappa shape index (κ1) is 16.0. The monoisotopic (exact) mass is 341 g/mol. The molecule has 112 valence electrons. The molecule has 0 aliphatic heterocycles. The van der Waals surface area contributed by atoms with E-state index >= 15 is 0 Å². The summed E-state index contributed by atoms with van der Waals surface area (Å²) in [6.45, 7) is 12.5. The Hall–Kier alpha value is -0.410. The van der Waals surface area contributed by atoms with Crippen LogP contribution in [0.25, 0.3) is 0 Å². The number of rotatable bonds is 5. The molecule has 0 saturated heterocycles. The Morgan fingerprint density at radius 3 is 2.30 bits per heavy atom. The van der Waals surface area contributed by atoms with Crippen LogP contribution in [0.4, 0.5) is 4.39 Å². The van der Waals surface area contributed by atoms with Crippen molar-refractivity contribution in [1.29, 1.82) is 0 Å². The van der Waals surface area contributed by atoms with Gasteiger partial charge in [0.05, 0.1) is 4.47 Å². The molecule has 1 unspecified atom stereocenters. The summed E-state index contributed by atoms with van der Waals surface area (Å²) >= 11 is 3.31. The van der Waals surface area contributed by atoms with Gasteiger partial charge in [-0.25, -0.2) is 4.39 Å². The highest BCUT2D eigenvalue weighted by Gasteiger charge is 2.67. The Morgan fingerprint density at radius 1 is 1.25 bits per heavy atom. The van der Waals surface area contributed by atoms with Gasteiger partial charge >= 0.3 is 0 Å². The molecule has 1 aromatic carbocycles. The number of benzene rings is 1. The number of nitrogens with one attached hydrogen (secondary N) is 1. The zero-order valence-electron chi connectivity index (χ0n) is 13.1. The van der Waals surface area contributed by atoms with Crippen LogP contribution in [0.15, 0.2) is 22.7 Å². The average molecular weight is 342 g/mol. The molecule has 0 spiro atoms. The van der Waals surface area contributed by atoms with Crippen LogP contribution in [0.1, 0.15) is 52.6 Å². The van der Waals surface area contributed by atoms with Crippen LogP contribution >= 0.6 is 15.9 Å². The molecule has 1 aliphatic rings. The second-order valence-corrected chi connectivity index (χ2v) is 7.88. The maximum absolute atomic E-state index is 13.5. The summed E-state index contributed by atoms with van der Waals surface area (Å²) in [5, 5.41) is 3.66. The van der Waals surface area contributed by atoms with E-state index in [2.05, 4.69) is 55.9 Å². The third-order valence-corrected chi connectivity index (χ3v) is 5.99. The van der Waals surface area contributed by atoms with Crippen molar-refractivity contribution in [3.63, 3.8) is 0 Å². The molecule has 1 fully saturated rings. The zero-order valence-corrected chi connectivity index (χ0v) is 14.6. The fourth-order valence-electron chi connectivity index (χ4n) is 3.51. The average Bonchev–Trinajstić information content (AvgIpc) is 2.76. The van der Waals surface area contributed by atoms with Crippen LogP contribution < -0.4 is 5.32 Å². The van der Waals surface area contributed by atoms with Gasteiger partial charge in [-0.1, -0.05) is 40.7 Å². The molecule has 1 atom stereocenters. The van der Waals surface area contributed by atoms with Crippen molar-refractivity contribution >= 4 is 15.9 Å². The van der Waals surface area contributed by atoms with E-state index < -0.39 is 0 Å². The van der Waals surface area contributed by atoms with Crippen molar-refractivity contribution in [2.75, 3.05) is 6.54 Å². The fraction of sp³-hybridized carbons (Fsp3) is 0.647. The van der Waals surface area contributed by atoms with E-state index in [0.29, 0.717) is 21.2 Å². The van der Waals surface area contributed by atoms with Crippen molar-refractivity contribution in [2.45, 2.75) is 47.1 Å². The Kier molecular flexibility index (Phi) is 4.32. The number of hydrogen-bond donors (Lipinski definition) is 1. The van der Waals surface area contributed by atoms with Gasteiger partial charge in [-0.15, -0.1) is 0 Å². The quantitative estimate of drug-likeness (QED) is 0.764. The lowest BCUT2D eigenvalue weighted by Gasteiger charge is -2.22. The Balaban J connectivity index is 2.31. The summed E-state index contributed by atoms with van der Waals surface area (Å²) in [7, 11) is 0. The van der Waals surface area contributed by atoms with Crippen LogP contribution in [0.3, 0.4) is 0 Å². The predicted octanol–water partition coefficient (Wildman–Crippen LogP) is 5.31. The summed E-state index contributed by atoms with van der Waals surface area (Å²) in [5.74, 6) is 0.372. The van der Waals surface area contributed by atoms with Crippen LogP contribution in [-0.4, -0.2) is 6.54 Å². The molecule has 1 N–H and O–H groups in total. The largest absolute Gasteiger partial charge is 0.310 e. The maximum Gasteiger partial charge on any atom is 0.137 e. The van der Waals surface area contributed by atoms with E-state index in [1.807, 2.05) is 12.1 Å². The summed E-state index contributed by atoms with van der Waals surface area (Å²) in [5.41, 5.74) is 1.79. The molecule has 0 radical (unpaired) electrons. The van der Waals surface area contributed by atoms with Crippen molar-refractivity contribution < 1.29 is 4.39 Å². The minimum absolute atomic E-state index is 0.197. The third kappa shape index (κ3) is 2.55. The molecule has 1 nitrogen and oxygen atoms in total. The summed E-state index contributed by atoms with van der Waals surface area (Å²) in [6, 6.07) is 5.69. The van der Waals surface area contributed by atoms with Gasteiger partial charge in [0.1, 0.15) is 5.82 Å². The van der Waals surface area contributed by atoms with Crippen LogP contribution in [0.2, 0.25) is 0 Å². The minimum atomic E-state index is -0.197. The molecule has 1 saturated carbocycles. The van der Waals surface area contributed by atoms with Crippen LogP contribution in [0, 0.1) is 22.6 Å². The summed E-state index contributed by atoms with van der Waals surface area (Å²) < 4.78 is 14.0. The highest BCUT2D eigenvalue weighted by Crippen LogP contribution is 2.72. The van der Waals surface area contributed by atoms with E-state index in [1.165, 1.54) is 5.56 Å². The smallest absolute Gasteiger partial charge is 0.137 e. The predicted molar refractivity (Wildman–Crippen MR) is 86.2 cm³/mol. The molecule has 1 aliphatic carbocycles. The van der Waals surface area contributed by atoms with E-state index in [0.717, 1.165) is 13.0 Å². The SMILES string of the molecule is CCCNC(c1ccc(F)c(Br)c1)C1C(C)(C)C1(C)C. The second-order valence-electron chi connectivity index (χ2n) is 7.03. The molecule has 2 rings (SSSR count). The lowest BCUT2D eigenvalue weighted by atomic mass is 9.96. The molecule has 0 heterocycles. The third-order valence-electron chi connectivity index (χ3n) is 5.38. The summed E-state index contributed by atoms with van der Waals surface area (Å²) in [4.78, 5) is 0. The molecular formula is C17H25BrFN. The number of halogens is 2. The fourth-order valence-corrected chi connectivity index (χ4v) is 3.91. The normalized spacial score (nSPS) is 21.8. The molecule has 1 aromatic rings. The molecule has 0 amide bonds. The van der Waals surface area contributed by atoms with Gasteiger partial charge in [0.2, 0.25) is 0 Å². The Morgan fingerprint density at radius 2 is 1.85 bits per heavy atom. The van der Waals surface area contributed by atoms with E-state index in [-0.39, 0.29) is 11.9 Å². The van der Waals surface area contributed by atoms with Crippen LogP contribution in [-0.2, 0) is 0 Å². The van der Waals surface area contributed by atoms with Gasteiger partial charge in [-0.3, -0.25) is 0 Å². The van der Waals surface area contributed by atoms with Gasteiger partial charge in [0.25, 0.3) is 0 Å². The molecule has 20 heavy (non-hydrogen) atoms. The number of hydrogen-bond acceptors (Lipinski definition) is 1. The lowest BCUT2D eigenvalue weighted by molar-refractivity contribution is 0.409. The van der Waals surface area contributed by atoms with Crippen molar-refractivity contribution in [3.05, 3.63) is 34.1 Å². The first-order chi connectivity index (χ1) is 9.23.